The van der Waals surface area contributed by atoms with Gasteiger partial charge in [-0.25, -0.2) is 4.98 Å². The molecule has 0 saturated carbocycles. The lowest BCUT2D eigenvalue weighted by Crippen LogP contribution is -2.00. The van der Waals surface area contributed by atoms with E-state index in [9.17, 15) is 0 Å². The fourth-order valence-electron chi connectivity index (χ4n) is 1.64. The van der Waals surface area contributed by atoms with Gasteiger partial charge in [-0.15, -0.1) is 0 Å². The maximum Gasteiger partial charge on any atom is 0.119 e. The molecular weight excluding hydrogens is 212 g/mol. The van der Waals surface area contributed by atoms with Gasteiger partial charge < -0.3 is 9.30 Å². The van der Waals surface area contributed by atoms with Gasteiger partial charge in [0.2, 0.25) is 0 Å². The van der Waals surface area contributed by atoms with Crippen LogP contribution >= 0.6 is 0 Å². The number of unbranched alkanes of at least 4 members (excludes halogenated alkanes) is 1. The standard InChI is InChI=1S/C14H18N2O/c1-13-4-6-14(7-5-13)17-11-3-2-9-16-10-8-15-12-16/h4-8,10,12H,2-3,9,11H2,1H3. The lowest BCUT2D eigenvalue weighted by molar-refractivity contribution is 0.303. The van der Waals surface area contributed by atoms with E-state index < -0.39 is 0 Å². The first-order chi connectivity index (χ1) is 8.34. The molecule has 0 saturated heterocycles. The molecule has 3 heteroatoms. The van der Waals surface area contributed by atoms with Crippen molar-refractivity contribution in [2.24, 2.45) is 0 Å². The van der Waals surface area contributed by atoms with E-state index in [0.717, 1.165) is 31.7 Å². The molecule has 0 aliphatic rings. The zero-order valence-corrected chi connectivity index (χ0v) is 10.2. The highest BCUT2D eigenvalue weighted by atomic mass is 16.5. The zero-order valence-electron chi connectivity index (χ0n) is 10.2. The van der Waals surface area contributed by atoms with Crippen molar-refractivity contribution < 1.29 is 4.74 Å². The highest BCUT2D eigenvalue weighted by Gasteiger charge is 1.94. The van der Waals surface area contributed by atoms with Gasteiger partial charge in [0.05, 0.1) is 12.9 Å². The average molecular weight is 230 g/mol. The Bertz CT molecular complexity index is 420. The molecule has 0 unspecified atom stereocenters. The molecule has 0 atom stereocenters. The van der Waals surface area contributed by atoms with Gasteiger partial charge in [0.1, 0.15) is 5.75 Å². The number of aryl methyl sites for hydroxylation is 2. The number of aromatic nitrogens is 2. The molecule has 17 heavy (non-hydrogen) atoms. The van der Waals surface area contributed by atoms with Crippen LogP contribution in [0.3, 0.4) is 0 Å². The molecule has 1 aromatic heterocycles. The van der Waals surface area contributed by atoms with Gasteiger partial charge in [0.25, 0.3) is 0 Å². The van der Waals surface area contributed by atoms with Crippen molar-refractivity contribution in [3.05, 3.63) is 48.5 Å². The highest BCUT2D eigenvalue weighted by molar-refractivity contribution is 5.26. The Morgan fingerprint density at radius 3 is 2.71 bits per heavy atom. The van der Waals surface area contributed by atoms with E-state index in [1.165, 1.54) is 5.56 Å². The summed E-state index contributed by atoms with van der Waals surface area (Å²) in [6, 6.07) is 8.18. The highest BCUT2D eigenvalue weighted by Crippen LogP contribution is 2.11. The van der Waals surface area contributed by atoms with E-state index in [0.29, 0.717) is 0 Å². The summed E-state index contributed by atoms with van der Waals surface area (Å²) in [6.45, 7) is 3.86. The minimum Gasteiger partial charge on any atom is -0.494 e. The summed E-state index contributed by atoms with van der Waals surface area (Å²) in [5, 5.41) is 0. The Balaban J connectivity index is 1.61. The Kier molecular flexibility index (Phi) is 4.19. The average Bonchev–Trinajstić information content (AvgIpc) is 2.84. The van der Waals surface area contributed by atoms with Crippen molar-refractivity contribution in [2.75, 3.05) is 6.61 Å². The van der Waals surface area contributed by atoms with Crippen molar-refractivity contribution in [3.63, 3.8) is 0 Å². The van der Waals surface area contributed by atoms with E-state index in [-0.39, 0.29) is 0 Å². The van der Waals surface area contributed by atoms with Crippen molar-refractivity contribution >= 4 is 0 Å². The van der Waals surface area contributed by atoms with Crippen molar-refractivity contribution in [3.8, 4) is 5.75 Å². The third kappa shape index (κ3) is 3.94. The molecule has 0 aliphatic carbocycles. The van der Waals surface area contributed by atoms with E-state index in [2.05, 4.69) is 28.6 Å². The molecule has 2 rings (SSSR count). The largest absolute Gasteiger partial charge is 0.494 e. The number of hydrogen-bond donors (Lipinski definition) is 0. The van der Waals surface area contributed by atoms with Gasteiger partial charge in [-0.2, -0.15) is 0 Å². The minimum atomic E-state index is 0.776. The summed E-state index contributed by atoms with van der Waals surface area (Å²) in [4.78, 5) is 4.01. The quantitative estimate of drug-likeness (QED) is 0.713. The van der Waals surface area contributed by atoms with Gasteiger partial charge in [-0.05, 0) is 31.9 Å². The van der Waals surface area contributed by atoms with Crippen LogP contribution in [0.2, 0.25) is 0 Å². The lowest BCUT2D eigenvalue weighted by atomic mass is 10.2. The Hall–Kier alpha value is -1.77. The van der Waals surface area contributed by atoms with E-state index >= 15 is 0 Å². The molecule has 3 nitrogen and oxygen atoms in total. The van der Waals surface area contributed by atoms with Gasteiger partial charge in [0.15, 0.2) is 0 Å². The van der Waals surface area contributed by atoms with Crippen LogP contribution in [0, 0.1) is 6.92 Å². The number of benzene rings is 1. The van der Waals surface area contributed by atoms with Crippen molar-refractivity contribution in [1.82, 2.24) is 9.55 Å². The molecule has 1 aromatic carbocycles. The van der Waals surface area contributed by atoms with Crippen LogP contribution in [0.1, 0.15) is 18.4 Å². The smallest absolute Gasteiger partial charge is 0.119 e. The molecule has 1 heterocycles. The van der Waals surface area contributed by atoms with Gasteiger partial charge in [0, 0.05) is 18.9 Å². The molecule has 0 N–H and O–H groups in total. The zero-order chi connectivity index (χ0) is 11.9. The maximum atomic E-state index is 5.66. The monoisotopic (exact) mass is 230 g/mol. The minimum absolute atomic E-state index is 0.776. The first-order valence-corrected chi connectivity index (χ1v) is 6.00. The normalized spacial score (nSPS) is 10.4. The van der Waals surface area contributed by atoms with Crippen LogP contribution in [-0.4, -0.2) is 16.2 Å². The summed E-state index contributed by atoms with van der Waals surface area (Å²) >= 11 is 0. The third-order valence-electron chi connectivity index (χ3n) is 2.66. The Labute approximate surface area is 102 Å². The fraction of sp³-hybridized carbons (Fsp3) is 0.357. The van der Waals surface area contributed by atoms with Crippen LogP contribution in [0.25, 0.3) is 0 Å². The van der Waals surface area contributed by atoms with Crippen molar-refractivity contribution in [1.29, 1.82) is 0 Å². The first kappa shape index (κ1) is 11.7. The van der Waals surface area contributed by atoms with Gasteiger partial charge >= 0.3 is 0 Å². The molecule has 0 bridgehead atoms. The van der Waals surface area contributed by atoms with Crippen LogP contribution in [0.15, 0.2) is 43.0 Å². The van der Waals surface area contributed by atoms with Crippen molar-refractivity contribution in [2.45, 2.75) is 26.3 Å². The lowest BCUT2D eigenvalue weighted by Gasteiger charge is -2.06. The number of ether oxygens (including phenoxy) is 1. The number of nitrogens with zero attached hydrogens (tertiary/aromatic N) is 2. The SMILES string of the molecule is Cc1ccc(OCCCCn2ccnc2)cc1. The third-order valence-corrected chi connectivity index (χ3v) is 2.66. The van der Waals surface area contributed by atoms with Crippen LogP contribution in [0.5, 0.6) is 5.75 Å². The van der Waals surface area contributed by atoms with Gasteiger partial charge in [-0.1, -0.05) is 17.7 Å². The number of imidazole rings is 1. The molecule has 90 valence electrons. The Morgan fingerprint density at radius 2 is 2.00 bits per heavy atom. The molecule has 0 aliphatic heterocycles. The number of rotatable bonds is 6. The summed E-state index contributed by atoms with van der Waals surface area (Å²) in [5.74, 6) is 0.957. The van der Waals surface area contributed by atoms with Crippen LogP contribution < -0.4 is 4.74 Å². The summed E-state index contributed by atoms with van der Waals surface area (Å²) < 4.78 is 7.74. The number of hydrogen-bond acceptors (Lipinski definition) is 2. The second-order valence-electron chi connectivity index (χ2n) is 4.17. The molecule has 0 spiro atoms. The molecular formula is C14H18N2O. The predicted molar refractivity (Wildman–Crippen MR) is 68.1 cm³/mol. The fourth-order valence-corrected chi connectivity index (χ4v) is 1.64. The summed E-state index contributed by atoms with van der Waals surface area (Å²) in [7, 11) is 0. The molecule has 0 fully saturated rings. The summed E-state index contributed by atoms with van der Waals surface area (Å²) in [6.07, 6.45) is 7.82. The Morgan fingerprint density at radius 1 is 1.18 bits per heavy atom. The van der Waals surface area contributed by atoms with E-state index in [1.807, 2.05) is 30.9 Å². The molecule has 2 aromatic rings. The molecule has 0 amide bonds. The van der Waals surface area contributed by atoms with E-state index in [4.69, 9.17) is 4.74 Å². The second kappa shape index (κ2) is 6.09. The second-order valence-corrected chi connectivity index (χ2v) is 4.17. The predicted octanol–water partition coefficient (Wildman–Crippen LogP) is 3.05. The topological polar surface area (TPSA) is 27.1 Å². The summed E-state index contributed by atoms with van der Waals surface area (Å²) in [5.41, 5.74) is 1.26. The molecule has 0 radical (unpaired) electrons. The van der Waals surface area contributed by atoms with E-state index in [1.54, 1.807) is 0 Å². The van der Waals surface area contributed by atoms with Crippen LogP contribution in [-0.2, 0) is 6.54 Å². The van der Waals surface area contributed by atoms with Crippen LogP contribution in [0.4, 0.5) is 0 Å². The maximum absolute atomic E-state index is 5.66. The van der Waals surface area contributed by atoms with Gasteiger partial charge in [-0.3, -0.25) is 0 Å². The first-order valence-electron chi connectivity index (χ1n) is 6.00.